The van der Waals surface area contributed by atoms with E-state index in [1.807, 2.05) is 27.8 Å². The Morgan fingerprint density at radius 2 is 0.805 bits per heavy atom. The lowest BCUT2D eigenvalue weighted by molar-refractivity contribution is -0.125. The highest BCUT2D eigenvalue weighted by molar-refractivity contribution is 5.78. The summed E-state index contributed by atoms with van der Waals surface area (Å²) >= 11 is 0. The van der Waals surface area contributed by atoms with E-state index in [0.717, 1.165) is 135 Å². The van der Waals surface area contributed by atoms with Crippen molar-refractivity contribution in [1.29, 1.82) is 0 Å². The molecule has 0 atom stereocenters. The lowest BCUT2D eigenvalue weighted by Gasteiger charge is -2.43. The van der Waals surface area contributed by atoms with Gasteiger partial charge in [-0.15, -0.1) is 0 Å². The van der Waals surface area contributed by atoms with Gasteiger partial charge in [-0.1, -0.05) is 65.8 Å². The first-order chi connectivity index (χ1) is 37.6. The maximum atomic E-state index is 11.4. The first-order valence-corrected chi connectivity index (χ1v) is 32.4. The number of nitrogens with one attached hydrogen (secondary N) is 1. The SMILES string of the molecule is C.C.C.C.C.C.C.CC(C)C(=O)NC1CCN(C)CC1.CC(C)N(C)CCO.CC(C)N1CCC(C)(O)CC1.CC(C)N1CCC(N2CCN(C)CC2)CC1.CC(C)N1CCC(O)CC1.CC(C)N1CCN(C)CC1.CC(C)N1CCN(CCO)CC1. The minimum atomic E-state index is -0.397. The van der Waals surface area contributed by atoms with Gasteiger partial charge >= 0.3 is 0 Å². The number of β-amino-alcohol motifs (C(OH)–C–C–N with tert-alkyl or cyclic N) is 1. The molecule has 0 aliphatic carbocycles. The van der Waals surface area contributed by atoms with Crippen molar-refractivity contribution in [1.82, 2.24) is 59.2 Å². The fourth-order valence-electron chi connectivity index (χ4n) is 10.8. The van der Waals surface area contributed by atoms with Gasteiger partial charge in [-0.05, 0) is 196 Å². The second-order valence-electron chi connectivity index (χ2n) is 26.9. The summed E-state index contributed by atoms with van der Waals surface area (Å²) in [5.74, 6) is 0.300. The van der Waals surface area contributed by atoms with Crippen molar-refractivity contribution in [3.8, 4) is 0 Å². The minimum absolute atomic E-state index is 0. The van der Waals surface area contributed by atoms with Crippen molar-refractivity contribution in [3.05, 3.63) is 0 Å². The molecule has 0 saturated carbocycles. The zero-order valence-corrected chi connectivity index (χ0v) is 56.0. The number of carbonyl (C=O) groups excluding carboxylic acids is 1. The van der Waals surface area contributed by atoms with Crippen molar-refractivity contribution < 1.29 is 25.2 Å². The predicted octanol–water partition coefficient (Wildman–Crippen LogP) is 9.47. The van der Waals surface area contributed by atoms with Gasteiger partial charge in [0, 0.05) is 172 Å². The summed E-state index contributed by atoms with van der Waals surface area (Å²) < 4.78 is 0. The molecule has 0 aromatic carbocycles. The Bertz CT molecular complexity index is 1430. The topological polar surface area (TPSA) is 146 Å². The molecule has 1 amide bonds. The van der Waals surface area contributed by atoms with Crippen LogP contribution in [-0.4, -0.2) is 326 Å². The van der Waals surface area contributed by atoms with E-state index in [1.165, 1.54) is 78.3 Å². The molecule has 0 bridgehead atoms. The normalized spacial score (nSPS) is 21.0. The van der Waals surface area contributed by atoms with Crippen LogP contribution in [0.4, 0.5) is 0 Å². The number of nitrogens with zero attached hydrogens (tertiary/aromatic N) is 11. The van der Waals surface area contributed by atoms with Gasteiger partial charge < -0.3 is 60.0 Å². The third-order valence-electron chi connectivity index (χ3n) is 17.9. The van der Waals surface area contributed by atoms with Gasteiger partial charge in [0.25, 0.3) is 0 Å². The molecule has 0 unspecified atom stereocenters. The monoisotopic (exact) mass is 1250 g/mol. The number of hydrogen-bond donors (Lipinski definition) is 5. The molecule has 7 fully saturated rings. The number of hydrogen-bond acceptors (Lipinski definition) is 16. The molecule has 17 nitrogen and oxygen atoms in total. The van der Waals surface area contributed by atoms with Gasteiger partial charge in [0.15, 0.2) is 0 Å². The smallest absolute Gasteiger partial charge is 0.222 e. The molecule has 17 heteroatoms. The third-order valence-corrected chi connectivity index (χ3v) is 17.9. The van der Waals surface area contributed by atoms with Crippen LogP contribution < -0.4 is 5.32 Å². The van der Waals surface area contributed by atoms with E-state index in [0.29, 0.717) is 36.8 Å². The highest BCUT2D eigenvalue weighted by Gasteiger charge is 2.29. The van der Waals surface area contributed by atoms with Crippen LogP contribution >= 0.6 is 0 Å². The fraction of sp³-hybridized carbons (Fsp3) is 0.986. The van der Waals surface area contributed by atoms with Gasteiger partial charge in [-0.2, -0.15) is 0 Å². The second kappa shape index (κ2) is 55.3. The summed E-state index contributed by atoms with van der Waals surface area (Å²) in [5, 5.41) is 39.1. The molecular formula is C70H164N12O5. The zero-order chi connectivity index (χ0) is 60.5. The number of rotatable bonds is 13. The summed E-state index contributed by atoms with van der Waals surface area (Å²) in [5.41, 5.74) is -0.397. The number of piperazine rings is 3. The number of aliphatic hydroxyl groups is 4. The molecule has 0 aromatic rings. The Kier molecular flexibility index (Phi) is 63.2. The quantitative estimate of drug-likeness (QED) is 0.119. The number of likely N-dealkylation sites (tertiary alicyclic amines) is 4. The zero-order valence-electron chi connectivity index (χ0n) is 56.0. The standard InChI is InChI=1S/C13H27N3.C10H20N2O.C9H20N2O.C9H19NO.C8H18N2.C8H17NO.C6H15NO.7CH4/c1-12(2)15-6-4-13(5-7-15)16-10-8-14(3)9-11-16;1-8(2)10(13)11-9-4-6-12(3)7-5-9;1-9(2)11-5-3-10(4-6-11)7-8-12;1-8(2)10-6-4-9(3,11)5-7-10;1-8(2)10-6-4-9(3)5-7-10;1-7(2)9-5-3-8(10)4-6-9;1-6(2)7(3)4-5-8;;;;;;;/h12-13H,4-11H2,1-3H3;8-9H,4-7H2,1-3H3,(H,11,13);9,12H,3-8H2,1-2H3;8,11H,4-7H2,1-3H3;8H,4-7H2,1-3H3;7-8,10H,3-6H2,1-2H3;6,8H,4-5H2,1-3H3;7*1H4. The second-order valence-corrected chi connectivity index (χ2v) is 26.9. The number of carbonyl (C=O) groups is 1. The molecule has 0 spiro atoms. The van der Waals surface area contributed by atoms with Crippen LogP contribution in [0.5, 0.6) is 0 Å². The van der Waals surface area contributed by atoms with Crippen LogP contribution in [0.25, 0.3) is 0 Å². The molecular weight excluding hydrogens is 1090 g/mol. The number of likely N-dealkylation sites (N-methyl/N-ethyl adjacent to an activating group) is 3. The van der Waals surface area contributed by atoms with Crippen LogP contribution in [0, 0.1) is 5.92 Å². The van der Waals surface area contributed by atoms with Crippen molar-refractivity contribution >= 4 is 5.91 Å². The van der Waals surface area contributed by atoms with Gasteiger partial charge in [0.2, 0.25) is 5.91 Å². The van der Waals surface area contributed by atoms with Crippen LogP contribution in [0.1, 0.15) is 207 Å². The average Bonchev–Trinajstić information content (AvgIpc) is 3.46. The van der Waals surface area contributed by atoms with Gasteiger partial charge in [-0.25, -0.2) is 0 Å². The Hall–Kier alpha value is -1.13. The maximum Gasteiger partial charge on any atom is 0.222 e. The van der Waals surface area contributed by atoms with Crippen molar-refractivity contribution in [2.24, 2.45) is 5.92 Å². The van der Waals surface area contributed by atoms with E-state index in [9.17, 15) is 15.0 Å². The first-order valence-electron chi connectivity index (χ1n) is 32.4. The summed E-state index contributed by atoms with van der Waals surface area (Å²) in [4.78, 5) is 38.1. The molecule has 7 aliphatic heterocycles. The Morgan fingerprint density at radius 1 is 0.471 bits per heavy atom. The Morgan fingerprint density at radius 3 is 1.14 bits per heavy atom. The van der Waals surface area contributed by atoms with E-state index >= 15 is 0 Å². The molecule has 7 rings (SSSR count). The highest BCUT2D eigenvalue weighted by atomic mass is 16.3. The summed E-state index contributed by atoms with van der Waals surface area (Å²) in [6.45, 7) is 58.2. The number of amides is 1. The van der Waals surface area contributed by atoms with E-state index in [4.69, 9.17) is 10.2 Å². The third kappa shape index (κ3) is 45.8. The Labute approximate surface area is 546 Å². The Balaban J connectivity index is -0.000000171. The predicted molar refractivity (Wildman–Crippen MR) is 387 cm³/mol. The average molecular weight is 1250 g/mol. The maximum absolute atomic E-state index is 11.4. The first kappa shape index (κ1) is 99.4. The summed E-state index contributed by atoms with van der Waals surface area (Å²) in [7, 11) is 8.55. The van der Waals surface area contributed by atoms with E-state index in [1.54, 1.807) is 0 Å². The minimum Gasteiger partial charge on any atom is -0.395 e. The molecule has 0 aromatic heterocycles. The van der Waals surface area contributed by atoms with Crippen LogP contribution in [0.3, 0.4) is 0 Å². The molecule has 7 heterocycles. The molecule has 534 valence electrons. The van der Waals surface area contributed by atoms with E-state index in [2.05, 4.69) is 163 Å². The lowest BCUT2D eigenvalue weighted by Crippen LogP contribution is -2.53. The fourth-order valence-corrected chi connectivity index (χ4v) is 10.8. The summed E-state index contributed by atoms with van der Waals surface area (Å²) in [6, 6.07) is 5.22. The van der Waals surface area contributed by atoms with Crippen molar-refractivity contribution in [3.63, 3.8) is 0 Å². The van der Waals surface area contributed by atoms with Gasteiger partial charge in [-0.3, -0.25) is 24.4 Å². The van der Waals surface area contributed by atoms with Crippen LogP contribution in [0.15, 0.2) is 0 Å². The number of piperidine rings is 4. The summed E-state index contributed by atoms with van der Waals surface area (Å²) in [6.07, 6.45) is 8.66. The van der Waals surface area contributed by atoms with Gasteiger partial charge in [0.05, 0.1) is 24.9 Å². The number of aliphatic hydroxyl groups excluding tert-OH is 3. The molecule has 7 saturated heterocycles. The molecule has 87 heavy (non-hydrogen) atoms. The van der Waals surface area contributed by atoms with E-state index < -0.39 is 5.60 Å². The van der Waals surface area contributed by atoms with Crippen molar-refractivity contribution in [2.45, 2.75) is 267 Å². The van der Waals surface area contributed by atoms with Crippen LogP contribution in [0.2, 0.25) is 0 Å². The highest BCUT2D eigenvalue weighted by Crippen LogP contribution is 2.23. The van der Waals surface area contributed by atoms with Crippen molar-refractivity contribution in [2.75, 3.05) is 185 Å². The van der Waals surface area contributed by atoms with Crippen LogP contribution in [-0.2, 0) is 4.79 Å². The van der Waals surface area contributed by atoms with E-state index in [-0.39, 0.29) is 76.5 Å². The molecule has 7 aliphatic rings. The molecule has 0 radical (unpaired) electrons. The lowest BCUT2D eigenvalue weighted by atomic mass is 9.93. The van der Waals surface area contributed by atoms with Gasteiger partial charge in [0.1, 0.15) is 0 Å². The largest absolute Gasteiger partial charge is 0.395 e. The molecule has 5 N–H and O–H groups in total.